The molecule has 1 heterocycles. The third-order valence-electron chi connectivity index (χ3n) is 5.48. The number of nitrogens with zero attached hydrogens (tertiary/aromatic N) is 2. The van der Waals surface area contributed by atoms with E-state index in [1.807, 2.05) is 0 Å². The van der Waals surface area contributed by atoms with Gasteiger partial charge in [-0.05, 0) is 55.4 Å². The van der Waals surface area contributed by atoms with Crippen molar-refractivity contribution in [3.63, 3.8) is 0 Å². The van der Waals surface area contributed by atoms with Crippen LogP contribution in [-0.4, -0.2) is 21.8 Å². The highest BCUT2D eigenvalue weighted by molar-refractivity contribution is 8.00. The molecule has 0 saturated heterocycles. The van der Waals surface area contributed by atoms with Gasteiger partial charge < -0.3 is 9.84 Å². The van der Waals surface area contributed by atoms with E-state index in [1.54, 1.807) is 18.7 Å². The number of carbonyl (C=O) groups excluding carboxylic acids is 1. The first-order chi connectivity index (χ1) is 12.6. The monoisotopic (exact) mass is 371 g/mol. The average Bonchev–Trinajstić information content (AvgIpc) is 3.29. The lowest BCUT2D eigenvalue weighted by atomic mass is 9.81. The second kappa shape index (κ2) is 7.43. The molecule has 0 unspecified atom stereocenters. The van der Waals surface area contributed by atoms with Crippen LogP contribution < -0.4 is 5.32 Å². The maximum Gasteiger partial charge on any atom is 0.231 e. The minimum Gasteiger partial charge on any atom is -0.342 e. The maximum absolute atomic E-state index is 12.7. The van der Waals surface area contributed by atoms with Crippen LogP contribution in [0.15, 0.2) is 27.6 Å². The zero-order valence-electron chi connectivity index (χ0n) is 15.2. The van der Waals surface area contributed by atoms with E-state index in [0.29, 0.717) is 17.5 Å². The Morgan fingerprint density at radius 3 is 2.77 bits per heavy atom. The van der Waals surface area contributed by atoms with E-state index in [0.717, 1.165) is 32.1 Å². The fourth-order valence-corrected chi connectivity index (χ4v) is 4.90. The average molecular weight is 372 g/mol. The molecule has 0 aliphatic heterocycles. The van der Waals surface area contributed by atoms with Crippen molar-refractivity contribution in [2.75, 3.05) is 5.75 Å². The van der Waals surface area contributed by atoms with Crippen molar-refractivity contribution < 1.29 is 9.32 Å². The minimum absolute atomic E-state index is 0.0415. The lowest BCUT2D eigenvalue weighted by Crippen LogP contribution is -2.48. The van der Waals surface area contributed by atoms with Crippen molar-refractivity contribution in [2.45, 2.75) is 68.7 Å². The Balaban J connectivity index is 1.42. The SMILES string of the molecule is Cc1nc(C2(NC(=O)CSc3ccc4c(c3)CCC4)CCCCC2)no1. The summed E-state index contributed by atoms with van der Waals surface area (Å²) in [5.74, 6) is 1.63. The Morgan fingerprint density at radius 2 is 2.00 bits per heavy atom. The third-order valence-corrected chi connectivity index (χ3v) is 6.48. The number of hydrogen-bond acceptors (Lipinski definition) is 5. The number of aryl methyl sites for hydroxylation is 3. The molecule has 1 saturated carbocycles. The summed E-state index contributed by atoms with van der Waals surface area (Å²) in [6.45, 7) is 1.79. The predicted molar refractivity (Wildman–Crippen MR) is 101 cm³/mol. The number of nitrogens with one attached hydrogen (secondary N) is 1. The number of thioether (sulfide) groups is 1. The van der Waals surface area contributed by atoms with E-state index < -0.39 is 5.54 Å². The van der Waals surface area contributed by atoms with Gasteiger partial charge in [-0.15, -0.1) is 11.8 Å². The molecule has 26 heavy (non-hydrogen) atoms. The molecule has 2 aliphatic rings. The minimum atomic E-state index is -0.467. The van der Waals surface area contributed by atoms with Gasteiger partial charge in [-0.25, -0.2) is 0 Å². The predicted octanol–water partition coefficient (Wildman–Crippen LogP) is 3.93. The fourth-order valence-electron chi connectivity index (χ4n) is 4.14. The van der Waals surface area contributed by atoms with E-state index in [1.165, 1.54) is 35.3 Å². The fraction of sp³-hybridized carbons (Fsp3) is 0.550. The molecule has 2 aromatic rings. The number of amides is 1. The number of fused-ring (bicyclic) bond motifs is 1. The van der Waals surface area contributed by atoms with Gasteiger partial charge in [0.05, 0.1) is 5.75 Å². The standard InChI is InChI=1S/C20H25N3O2S/c1-14-21-19(23-25-14)20(10-3-2-4-11-20)22-18(24)13-26-17-9-8-15-6-5-7-16(15)12-17/h8-9,12H,2-7,10-11,13H2,1H3,(H,22,24). The molecule has 6 heteroatoms. The maximum atomic E-state index is 12.7. The van der Waals surface area contributed by atoms with Gasteiger partial charge in [0.1, 0.15) is 5.54 Å². The van der Waals surface area contributed by atoms with Gasteiger partial charge >= 0.3 is 0 Å². The molecule has 0 spiro atoms. The highest BCUT2D eigenvalue weighted by Crippen LogP contribution is 2.36. The first-order valence-electron chi connectivity index (χ1n) is 9.51. The Hall–Kier alpha value is -1.82. The molecule has 2 aliphatic carbocycles. The molecule has 0 bridgehead atoms. The Morgan fingerprint density at radius 1 is 1.19 bits per heavy atom. The smallest absolute Gasteiger partial charge is 0.231 e. The van der Waals surface area contributed by atoms with Crippen LogP contribution in [-0.2, 0) is 23.2 Å². The van der Waals surface area contributed by atoms with Gasteiger partial charge in [0.25, 0.3) is 0 Å². The molecule has 1 fully saturated rings. The zero-order chi connectivity index (χ0) is 18.0. The zero-order valence-corrected chi connectivity index (χ0v) is 16.0. The van der Waals surface area contributed by atoms with Gasteiger partial charge in [-0.3, -0.25) is 4.79 Å². The first kappa shape index (κ1) is 17.6. The van der Waals surface area contributed by atoms with Crippen molar-refractivity contribution in [3.05, 3.63) is 41.0 Å². The Kier molecular flexibility index (Phi) is 5.02. The molecule has 0 atom stereocenters. The van der Waals surface area contributed by atoms with E-state index in [-0.39, 0.29) is 5.91 Å². The molecule has 0 radical (unpaired) electrons. The van der Waals surface area contributed by atoms with Gasteiger partial charge in [0.15, 0.2) is 5.82 Å². The van der Waals surface area contributed by atoms with Crippen molar-refractivity contribution in [1.29, 1.82) is 0 Å². The van der Waals surface area contributed by atoms with Crippen molar-refractivity contribution in [1.82, 2.24) is 15.5 Å². The van der Waals surface area contributed by atoms with Crippen LogP contribution in [0.5, 0.6) is 0 Å². The molecular weight excluding hydrogens is 346 g/mol. The quantitative estimate of drug-likeness (QED) is 0.807. The van der Waals surface area contributed by atoms with Crippen LogP contribution in [0.4, 0.5) is 0 Å². The molecule has 1 amide bonds. The van der Waals surface area contributed by atoms with Gasteiger partial charge in [-0.1, -0.05) is 30.5 Å². The second-order valence-electron chi connectivity index (χ2n) is 7.40. The summed E-state index contributed by atoms with van der Waals surface area (Å²) >= 11 is 1.61. The van der Waals surface area contributed by atoms with E-state index in [4.69, 9.17) is 4.52 Å². The van der Waals surface area contributed by atoms with Gasteiger partial charge in [-0.2, -0.15) is 4.98 Å². The molecular formula is C20H25N3O2S. The molecule has 4 rings (SSSR count). The highest BCUT2D eigenvalue weighted by atomic mass is 32.2. The third kappa shape index (κ3) is 3.65. The normalized spacial score (nSPS) is 18.5. The van der Waals surface area contributed by atoms with Crippen LogP contribution >= 0.6 is 11.8 Å². The van der Waals surface area contributed by atoms with Gasteiger partial charge in [0.2, 0.25) is 11.8 Å². The Labute approximate surface area is 158 Å². The number of hydrogen-bond donors (Lipinski definition) is 1. The summed E-state index contributed by atoms with van der Waals surface area (Å²) in [5.41, 5.74) is 2.44. The topological polar surface area (TPSA) is 68.0 Å². The molecule has 5 nitrogen and oxygen atoms in total. The van der Waals surface area contributed by atoms with E-state index in [2.05, 4.69) is 33.7 Å². The number of aromatic nitrogens is 2. The summed E-state index contributed by atoms with van der Waals surface area (Å²) in [5, 5.41) is 7.35. The second-order valence-corrected chi connectivity index (χ2v) is 8.45. The van der Waals surface area contributed by atoms with Crippen LogP contribution in [0.2, 0.25) is 0 Å². The van der Waals surface area contributed by atoms with Gasteiger partial charge in [0, 0.05) is 11.8 Å². The van der Waals surface area contributed by atoms with E-state index in [9.17, 15) is 4.79 Å². The summed E-state index contributed by atoms with van der Waals surface area (Å²) < 4.78 is 5.18. The van der Waals surface area contributed by atoms with Crippen LogP contribution in [0, 0.1) is 6.92 Å². The molecule has 138 valence electrons. The molecule has 1 aromatic heterocycles. The molecule has 1 aromatic carbocycles. The number of carbonyl (C=O) groups is 1. The highest BCUT2D eigenvalue weighted by Gasteiger charge is 2.39. The number of benzene rings is 1. The summed E-state index contributed by atoms with van der Waals surface area (Å²) in [7, 11) is 0. The molecule has 1 N–H and O–H groups in total. The van der Waals surface area contributed by atoms with Crippen molar-refractivity contribution >= 4 is 17.7 Å². The van der Waals surface area contributed by atoms with Crippen LogP contribution in [0.1, 0.15) is 61.4 Å². The lowest BCUT2D eigenvalue weighted by molar-refractivity contribution is -0.121. The first-order valence-corrected chi connectivity index (χ1v) is 10.5. The summed E-state index contributed by atoms with van der Waals surface area (Å²) in [4.78, 5) is 18.3. The largest absolute Gasteiger partial charge is 0.342 e. The van der Waals surface area contributed by atoms with Crippen molar-refractivity contribution in [2.24, 2.45) is 0 Å². The lowest BCUT2D eigenvalue weighted by Gasteiger charge is -2.35. The summed E-state index contributed by atoms with van der Waals surface area (Å²) in [6, 6.07) is 6.60. The Bertz CT molecular complexity index is 796. The van der Waals surface area contributed by atoms with E-state index >= 15 is 0 Å². The van der Waals surface area contributed by atoms with Crippen molar-refractivity contribution in [3.8, 4) is 0 Å². The van der Waals surface area contributed by atoms with Crippen LogP contribution in [0.25, 0.3) is 0 Å². The van der Waals surface area contributed by atoms with Crippen LogP contribution in [0.3, 0.4) is 0 Å². The summed E-state index contributed by atoms with van der Waals surface area (Å²) in [6.07, 6.45) is 8.69. The number of rotatable bonds is 5.